The molecule has 0 saturated carbocycles. The topological polar surface area (TPSA) is 56.5 Å². The summed E-state index contributed by atoms with van der Waals surface area (Å²) in [5, 5.41) is 3.53. The average molecular weight is 325 g/mol. The van der Waals surface area contributed by atoms with Crippen LogP contribution in [0.5, 0.6) is 5.75 Å². The summed E-state index contributed by atoms with van der Waals surface area (Å²) in [5.41, 5.74) is 6.65. The zero-order chi connectivity index (χ0) is 16.6. The number of hydrogen-bond acceptors (Lipinski definition) is 4. The lowest BCUT2D eigenvalue weighted by atomic mass is 10.2. The minimum Gasteiger partial charge on any atom is -0.491 e. The van der Waals surface area contributed by atoms with Gasteiger partial charge in [0.25, 0.3) is 0 Å². The Morgan fingerprint density at radius 1 is 1.14 bits per heavy atom. The Morgan fingerprint density at radius 2 is 1.82 bits per heavy atom. The predicted molar refractivity (Wildman–Crippen MR) is 95.8 cm³/mol. The molecule has 126 valence electrons. The van der Waals surface area contributed by atoms with E-state index in [2.05, 4.69) is 45.2 Å². The smallest absolute Gasteiger partial charge is 0.192 e. The van der Waals surface area contributed by atoms with Crippen molar-refractivity contribution in [2.75, 3.05) is 26.3 Å². The number of nitrogens with two attached hydrogens (primary N) is 1. The normalized spacial score (nSPS) is 12.5. The van der Waals surface area contributed by atoms with Gasteiger partial charge >= 0.3 is 0 Å². The van der Waals surface area contributed by atoms with E-state index in [-0.39, 0.29) is 5.04 Å². The highest BCUT2D eigenvalue weighted by Crippen LogP contribution is 2.36. The van der Waals surface area contributed by atoms with E-state index in [4.69, 9.17) is 14.9 Å². The first kappa shape index (κ1) is 19.2. The molecule has 0 unspecified atom stereocenters. The number of ether oxygens (including phenoxy) is 1. The number of para-hydroxylation sites is 1. The number of nitrogens with one attached hydrogen (secondary N) is 1. The largest absolute Gasteiger partial charge is 0.491 e. The van der Waals surface area contributed by atoms with E-state index >= 15 is 0 Å². The van der Waals surface area contributed by atoms with Gasteiger partial charge < -0.3 is 20.2 Å². The molecule has 0 atom stereocenters. The van der Waals surface area contributed by atoms with Gasteiger partial charge in [0, 0.05) is 25.2 Å². The second kappa shape index (κ2) is 8.67. The fourth-order valence-corrected chi connectivity index (χ4v) is 2.81. The monoisotopic (exact) mass is 324 g/mol. The highest BCUT2D eigenvalue weighted by atomic mass is 28.4. The van der Waals surface area contributed by atoms with E-state index in [1.165, 1.54) is 0 Å². The molecule has 1 rings (SSSR count). The Hall–Kier alpha value is -0.883. The zero-order valence-corrected chi connectivity index (χ0v) is 15.7. The molecule has 4 nitrogen and oxygen atoms in total. The molecule has 0 aliphatic rings. The highest BCUT2D eigenvalue weighted by Gasteiger charge is 2.36. The lowest BCUT2D eigenvalue weighted by Gasteiger charge is -2.36. The summed E-state index contributed by atoms with van der Waals surface area (Å²) >= 11 is 0. The zero-order valence-electron chi connectivity index (χ0n) is 14.7. The molecule has 0 fully saturated rings. The number of benzene rings is 1. The van der Waals surface area contributed by atoms with Crippen molar-refractivity contribution >= 4 is 8.32 Å². The van der Waals surface area contributed by atoms with Crippen LogP contribution in [0.1, 0.15) is 26.3 Å². The first-order valence-corrected chi connectivity index (χ1v) is 10.9. The van der Waals surface area contributed by atoms with Gasteiger partial charge in [0.1, 0.15) is 12.4 Å². The molecule has 0 radical (unpaired) electrons. The van der Waals surface area contributed by atoms with Crippen LogP contribution in [0, 0.1) is 0 Å². The van der Waals surface area contributed by atoms with Crippen LogP contribution in [-0.4, -0.2) is 34.6 Å². The quantitative estimate of drug-likeness (QED) is 0.541. The van der Waals surface area contributed by atoms with E-state index in [0.717, 1.165) is 24.4 Å². The van der Waals surface area contributed by atoms with Crippen molar-refractivity contribution < 1.29 is 9.16 Å². The van der Waals surface area contributed by atoms with Crippen molar-refractivity contribution in [1.82, 2.24) is 5.32 Å². The van der Waals surface area contributed by atoms with E-state index in [1.807, 2.05) is 18.2 Å². The first-order valence-electron chi connectivity index (χ1n) is 8.03. The Morgan fingerprint density at radius 3 is 2.45 bits per heavy atom. The molecule has 0 aromatic heterocycles. The summed E-state index contributed by atoms with van der Waals surface area (Å²) in [6, 6.07) is 8.11. The molecule has 22 heavy (non-hydrogen) atoms. The maximum Gasteiger partial charge on any atom is 0.192 e. The molecule has 0 heterocycles. The third kappa shape index (κ3) is 6.08. The van der Waals surface area contributed by atoms with Crippen molar-refractivity contribution in [1.29, 1.82) is 0 Å². The summed E-state index contributed by atoms with van der Waals surface area (Å²) < 4.78 is 12.0. The Kier molecular flexibility index (Phi) is 7.55. The molecule has 0 spiro atoms. The summed E-state index contributed by atoms with van der Waals surface area (Å²) in [4.78, 5) is 0. The van der Waals surface area contributed by atoms with Gasteiger partial charge in [-0.05, 0) is 24.2 Å². The Balaban J connectivity index is 2.45. The second-order valence-electron chi connectivity index (χ2n) is 7.03. The summed E-state index contributed by atoms with van der Waals surface area (Å²) in [7, 11) is -1.69. The van der Waals surface area contributed by atoms with Crippen LogP contribution in [0.25, 0.3) is 0 Å². The van der Waals surface area contributed by atoms with E-state index in [9.17, 15) is 0 Å². The Labute approximate surface area is 136 Å². The lowest BCUT2D eigenvalue weighted by Crippen LogP contribution is -2.41. The van der Waals surface area contributed by atoms with Crippen molar-refractivity contribution in [2.45, 2.75) is 45.4 Å². The highest BCUT2D eigenvalue weighted by molar-refractivity contribution is 6.74. The molecule has 0 aliphatic carbocycles. The van der Waals surface area contributed by atoms with Crippen molar-refractivity contribution in [3.63, 3.8) is 0 Å². The number of rotatable bonds is 9. The van der Waals surface area contributed by atoms with Crippen LogP contribution in [0.15, 0.2) is 24.3 Å². The van der Waals surface area contributed by atoms with Crippen LogP contribution in [0.4, 0.5) is 0 Å². The van der Waals surface area contributed by atoms with Gasteiger partial charge in [-0.1, -0.05) is 39.0 Å². The van der Waals surface area contributed by atoms with E-state index < -0.39 is 8.32 Å². The Bertz CT molecular complexity index is 445. The van der Waals surface area contributed by atoms with E-state index in [0.29, 0.717) is 19.8 Å². The molecule has 5 heteroatoms. The SMILES string of the molecule is CC(C)(C)[Si](C)(C)OCCOc1ccccc1CNCCN. The van der Waals surface area contributed by atoms with Crippen LogP contribution < -0.4 is 15.8 Å². The molecular formula is C17H32N2O2Si. The van der Waals surface area contributed by atoms with Gasteiger partial charge in [0.15, 0.2) is 8.32 Å². The molecule has 1 aromatic rings. The van der Waals surface area contributed by atoms with Crippen LogP contribution >= 0.6 is 0 Å². The number of hydrogen-bond donors (Lipinski definition) is 2. The minimum absolute atomic E-state index is 0.233. The fourth-order valence-electron chi connectivity index (χ4n) is 1.78. The third-order valence-corrected chi connectivity index (χ3v) is 8.76. The first-order chi connectivity index (χ1) is 10.3. The maximum atomic E-state index is 6.14. The van der Waals surface area contributed by atoms with Crippen molar-refractivity contribution in [2.24, 2.45) is 5.73 Å². The maximum absolute atomic E-state index is 6.14. The summed E-state index contributed by atoms with van der Waals surface area (Å²) in [6.45, 7) is 14.7. The molecule has 0 bridgehead atoms. The standard InChI is InChI=1S/C17H32N2O2Si/c1-17(2,3)22(4,5)21-13-12-20-16-9-7-6-8-15(16)14-19-11-10-18/h6-9,19H,10-14,18H2,1-5H3. The van der Waals surface area contributed by atoms with Crippen LogP contribution in [0.3, 0.4) is 0 Å². The van der Waals surface area contributed by atoms with Gasteiger partial charge in [-0.15, -0.1) is 0 Å². The lowest BCUT2D eigenvalue weighted by molar-refractivity contribution is 0.202. The summed E-state index contributed by atoms with van der Waals surface area (Å²) in [6.07, 6.45) is 0. The summed E-state index contributed by atoms with van der Waals surface area (Å²) in [5.74, 6) is 0.922. The minimum atomic E-state index is -1.69. The third-order valence-electron chi connectivity index (χ3n) is 4.22. The van der Waals surface area contributed by atoms with Crippen molar-refractivity contribution in [3.05, 3.63) is 29.8 Å². The van der Waals surface area contributed by atoms with Gasteiger partial charge in [-0.3, -0.25) is 0 Å². The van der Waals surface area contributed by atoms with Gasteiger partial charge in [0.2, 0.25) is 0 Å². The van der Waals surface area contributed by atoms with Gasteiger partial charge in [-0.25, -0.2) is 0 Å². The predicted octanol–water partition coefficient (Wildman–Crippen LogP) is 3.14. The second-order valence-corrected chi connectivity index (χ2v) is 11.8. The average Bonchev–Trinajstić information content (AvgIpc) is 2.44. The molecular weight excluding hydrogens is 292 g/mol. The van der Waals surface area contributed by atoms with Crippen molar-refractivity contribution in [3.8, 4) is 5.75 Å². The molecule has 0 amide bonds. The van der Waals surface area contributed by atoms with Crippen LogP contribution in [-0.2, 0) is 11.0 Å². The van der Waals surface area contributed by atoms with Gasteiger partial charge in [0.05, 0.1) is 6.61 Å². The van der Waals surface area contributed by atoms with E-state index in [1.54, 1.807) is 0 Å². The molecule has 3 N–H and O–H groups in total. The molecule has 0 aliphatic heterocycles. The molecule has 0 saturated heterocycles. The fraction of sp³-hybridized carbons (Fsp3) is 0.647. The van der Waals surface area contributed by atoms with Crippen LogP contribution in [0.2, 0.25) is 18.1 Å². The molecule has 1 aromatic carbocycles. The van der Waals surface area contributed by atoms with Gasteiger partial charge in [-0.2, -0.15) is 0 Å².